The Morgan fingerprint density at radius 3 is 2.68 bits per heavy atom. The lowest BCUT2D eigenvalue weighted by Crippen LogP contribution is -2.36. The highest BCUT2D eigenvalue weighted by Gasteiger charge is 2.27. The molecule has 1 aliphatic rings. The molecule has 1 aliphatic carbocycles. The van der Waals surface area contributed by atoms with Gasteiger partial charge in [0.2, 0.25) is 0 Å². The molecule has 6 heteroatoms. The number of carbonyl (C=O) groups is 1. The van der Waals surface area contributed by atoms with Crippen LogP contribution in [0.3, 0.4) is 0 Å². The molecule has 2 N–H and O–H groups in total. The Labute approximate surface area is 109 Å². The molecule has 0 aromatic heterocycles. The molecule has 0 spiro atoms. The van der Waals surface area contributed by atoms with Gasteiger partial charge in [-0.3, -0.25) is 0 Å². The van der Waals surface area contributed by atoms with E-state index in [2.05, 4.69) is 5.32 Å². The highest BCUT2D eigenvalue weighted by atomic mass is 19.4. The van der Waals surface area contributed by atoms with Crippen LogP contribution in [0.1, 0.15) is 24.0 Å². The van der Waals surface area contributed by atoms with Crippen LogP contribution in [0.5, 0.6) is 0 Å². The van der Waals surface area contributed by atoms with E-state index < -0.39 is 18.8 Å². The number of benzene rings is 1. The van der Waals surface area contributed by atoms with Gasteiger partial charge < -0.3 is 10.6 Å². The Balaban J connectivity index is 2.01. The van der Waals surface area contributed by atoms with E-state index in [0.29, 0.717) is 5.69 Å². The predicted molar refractivity (Wildman–Crippen MR) is 66.2 cm³/mol. The minimum absolute atomic E-state index is 0.608. The Morgan fingerprint density at radius 1 is 1.21 bits per heavy atom. The van der Waals surface area contributed by atoms with Crippen LogP contribution in [-0.2, 0) is 12.8 Å². The third-order valence-corrected chi connectivity index (χ3v) is 3.09. The van der Waals surface area contributed by atoms with Crippen molar-refractivity contribution < 1.29 is 18.0 Å². The van der Waals surface area contributed by atoms with Gasteiger partial charge in [-0.1, -0.05) is 12.1 Å². The molecule has 0 unspecified atom stereocenters. The van der Waals surface area contributed by atoms with Crippen LogP contribution < -0.4 is 10.6 Å². The van der Waals surface area contributed by atoms with E-state index in [1.54, 1.807) is 11.4 Å². The van der Waals surface area contributed by atoms with Gasteiger partial charge in [-0.15, -0.1) is 0 Å². The van der Waals surface area contributed by atoms with Gasteiger partial charge in [0.15, 0.2) is 0 Å². The fraction of sp³-hybridized carbons (Fsp3) is 0.462. The summed E-state index contributed by atoms with van der Waals surface area (Å²) in [6.45, 7) is -1.33. The maximum atomic E-state index is 12.0. The summed E-state index contributed by atoms with van der Waals surface area (Å²) in [6.07, 6.45) is -0.444. The topological polar surface area (TPSA) is 41.1 Å². The molecular weight excluding hydrogens is 257 g/mol. The number of anilines is 1. The molecule has 0 fully saturated rings. The van der Waals surface area contributed by atoms with Crippen LogP contribution in [0.2, 0.25) is 0 Å². The molecule has 0 atom stereocenters. The Hall–Kier alpha value is -1.72. The highest BCUT2D eigenvalue weighted by molar-refractivity contribution is 5.90. The molecule has 1 aromatic carbocycles. The molecule has 1 aromatic rings. The molecule has 19 heavy (non-hydrogen) atoms. The van der Waals surface area contributed by atoms with E-state index in [1.165, 1.54) is 5.56 Å². The second-order valence-electron chi connectivity index (χ2n) is 4.57. The monoisotopic (exact) mass is 272 g/mol. The molecule has 0 radical (unpaired) electrons. The first-order valence-electron chi connectivity index (χ1n) is 6.18. The summed E-state index contributed by atoms with van der Waals surface area (Å²) in [7, 11) is 0. The van der Waals surface area contributed by atoms with Crippen molar-refractivity contribution in [3.63, 3.8) is 0 Å². The summed E-state index contributed by atoms with van der Waals surface area (Å²) in [5.41, 5.74) is 2.81. The second kappa shape index (κ2) is 5.50. The smallest absolute Gasteiger partial charge is 0.329 e. The quantitative estimate of drug-likeness (QED) is 0.852. The van der Waals surface area contributed by atoms with Gasteiger partial charge in [0.05, 0.1) is 0 Å². The molecule has 0 heterocycles. The summed E-state index contributed by atoms with van der Waals surface area (Å²) in [4.78, 5) is 11.4. The lowest BCUT2D eigenvalue weighted by atomic mass is 9.90. The first-order chi connectivity index (χ1) is 8.96. The SMILES string of the molecule is O=C(NCC(F)(F)F)Nc1cccc2c1CCCC2. The normalized spacial score (nSPS) is 14.7. The predicted octanol–water partition coefficient (Wildman–Crippen LogP) is 3.25. The van der Waals surface area contributed by atoms with Crippen molar-refractivity contribution in [1.82, 2.24) is 5.32 Å². The molecule has 0 aliphatic heterocycles. The number of amides is 2. The minimum atomic E-state index is -4.40. The molecule has 104 valence electrons. The second-order valence-corrected chi connectivity index (χ2v) is 4.57. The van der Waals surface area contributed by atoms with Crippen molar-refractivity contribution in [3.05, 3.63) is 29.3 Å². The standard InChI is InChI=1S/C13H15F3N2O/c14-13(15,16)8-17-12(19)18-11-7-3-5-9-4-1-2-6-10(9)11/h3,5,7H,1-2,4,6,8H2,(H2,17,18,19). The lowest BCUT2D eigenvalue weighted by molar-refractivity contribution is -0.122. The Morgan fingerprint density at radius 2 is 1.95 bits per heavy atom. The number of urea groups is 1. The first-order valence-corrected chi connectivity index (χ1v) is 6.18. The summed E-state index contributed by atoms with van der Waals surface area (Å²) in [6, 6.07) is 4.70. The molecule has 2 rings (SSSR count). The Bertz CT molecular complexity index is 471. The number of hydrogen-bond donors (Lipinski definition) is 2. The summed E-state index contributed by atoms with van der Waals surface area (Å²) >= 11 is 0. The van der Waals surface area contributed by atoms with Crippen molar-refractivity contribution in [2.45, 2.75) is 31.9 Å². The first kappa shape index (κ1) is 13.7. The van der Waals surface area contributed by atoms with Gasteiger partial charge in [0.25, 0.3) is 0 Å². The van der Waals surface area contributed by atoms with Crippen molar-refractivity contribution >= 4 is 11.7 Å². The van der Waals surface area contributed by atoms with Gasteiger partial charge in [0.1, 0.15) is 6.54 Å². The third-order valence-electron chi connectivity index (χ3n) is 3.09. The number of rotatable bonds is 2. The van der Waals surface area contributed by atoms with Crippen molar-refractivity contribution in [2.75, 3.05) is 11.9 Å². The molecular formula is C13H15F3N2O. The van der Waals surface area contributed by atoms with E-state index in [1.807, 2.05) is 12.1 Å². The number of fused-ring (bicyclic) bond motifs is 1. The van der Waals surface area contributed by atoms with E-state index in [-0.39, 0.29) is 0 Å². The Kier molecular flexibility index (Phi) is 3.97. The zero-order valence-electron chi connectivity index (χ0n) is 10.3. The summed E-state index contributed by atoms with van der Waals surface area (Å²) in [5.74, 6) is 0. The van der Waals surface area contributed by atoms with Gasteiger partial charge in [0, 0.05) is 5.69 Å². The number of hydrogen-bond acceptors (Lipinski definition) is 1. The van der Waals surface area contributed by atoms with Crippen molar-refractivity contribution in [2.24, 2.45) is 0 Å². The van der Waals surface area contributed by atoms with Crippen LogP contribution in [0.25, 0.3) is 0 Å². The van der Waals surface area contributed by atoms with Crippen molar-refractivity contribution in [3.8, 4) is 0 Å². The van der Waals surface area contributed by atoms with Gasteiger partial charge in [-0.25, -0.2) is 4.79 Å². The van der Waals surface area contributed by atoms with Gasteiger partial charge >= 0.3 is 12.2 Å². The molecule has 0 saturated heterocycles. The number of halogens is 3. The summed E-state index contributed by atoms with van der Waals surface area (Å²) in [5, 5.41) is 4.30. The number of carbonyl (C=O) groups excluding carboxylic acids is 1. The van der Waals surface area contributed by atoms with Gasteiger partial charge in [-0.05, 0) is 42.9 Å². The average Bonchev–Trinajstić information content (AvgIpc) is 2.36. The maximum absolute atomic E-state index is 12.0. The van der Waals surface area contributed by atoms with E-state index in [4.69, 9.17) is 0 Å². The number of alkyl halides is 3. The zero-order valence-corrected chi connectivity index (χ0v) is 10.3. The zero-order chi connectivity index (χ0) is 13.9. The molecule has 0 saturated carbocycles. The van der Waals surface area contributed by atoms with Crippen LogP contribution in [0.15, 0.2) is 18.2 Å². The van der Waals surface area contributed by atoms with Crippen LogP contribution in [-0.4, -0.2) is 18.8 Å². The maximum Gasteiger partial charge on any atom is 0.405 e. The van der Waals surface area contributed by atoms with Crippen LogP contribution in [0, 0.1) is 0 Å². The molecule has 3 nitrogen and oxygen atoms in total. The number of nitrogens with one attached hydrogen (secondary N) is 2. The molecule has 2 amide bonds. The average molecular weight is 272 g/mol. The minimum Gasteiger partial charge on any atom is -0.329 e. The van der Waals surface area contributed by atoms with Crippen LogP contribution >= 0.6 is 0 Å². The lowest BCUT2D eigenvalue weighted by Gasteiger charge is -2.19. The van der Waals surface area contributed by atoms with E-state index in [9.17, 15) is 18.0 Å². The highest BCUT2D eigenvalue weighted by Crippen LogP contribution is 2.27. The van der Waals surface area contributed by atoms with E-state index >= 15 is 0 Å². The largest absolute Gasteiger partial charge is 0.405 e. The van der Waals surface area contributed by atoms with Crippen LogP contribution in [0.4, 0.5) is 23.7 Å². The summed E-state index contributed by atoms with van der Waals surface area (Å²) < 4.78 is 36.0. The van der Waals surface area contributed by atoms with E-state index in [0.717, 1.165) is 31.2 Å². The fourth-order valence-electron chi connectivity index (χ4n) is 2.25. The third kappa shape index (κ3) is 3.87. The van der Waals surface area contributed by atoms with Crippen molar-refractivity contribution in [1.29, 1.82) is 0 Å². The van der Waals surface area contributed by atoms with Gasteiger partial charge in [-0.2, -0.15) is 13.2 Å². The molecule has 0 bridgehead atoms. The fourth-order valence-corrected chi connectivity index (χ4v) is 2.25. The number of aryl methyl sites for hydroxylation is 1.